The third-order valence-electron chi connectivity index (χ3n) is 5.65. The number of Topliss-reactive ketones (excluding diaryl/α,β-unsaturated/α-hetero) is 1. The molecular formula is C23H26N2O2. The van der Waals surface area contributed by atoms with Gasteiger partial charge in [-0.05, 0) is 64.0 Å². The fraction of sp³-hybridized carbons (Fsp3) is 0.348. The summed E-state index contributed by atoms with van der Waals surface area (Å²) in [6.07, 6.45) is 3.66. The Morgan fingerprint density at radius 1 is 1.04 bits per heavy atom. The van der Waals surface area contributed by atoms with E-state index in [0.717, 1.165) is 46.5 Å². The first-order valence-corrected chi connectivity index (χ1v) is 9.72. The molecular weight excluding hydrogens is 336 g/mol. The number of nitrogens with zero attached hydrogens (tertiary/aromatic N) is 2. The summed E-state index contributed by atoms with van der Waals surface area (Å²) in [7, 11) is 0. The van der Waals surface area contributed by atoms with Crippen molar-refractivity contribution in [2.75, 3.05) is 13.1 Å². The van der Waals surface area contributed by atoms with E-state index in [2.05, 4.69) is 9.47 Å². The minimum Gasteiger partial charge on any atom is -0.508 e. The van der Waals surface area contributed by atoms with Gasteiger partial charge in [0, 0.05) is 34.4 Å². The van der Waals surface area contributed by atoms with Crippen molar-refractivity contribution in [3.05, 3.63) is 59.3 Å². The zero-order chi connectivity index (χ0) is 19.0. The second kappa shape index (κ2) is 7.20. The Morgan fingerprint density at radius 2 is 1.74 bits per heavy atom. The zero-order valence-electron chi connectivity index (χ0n) is 16.0. The van der Waals surface area contributed by atoms with Crippen molar-refractivity contribution in [1.82, 2.24) is 9.47 Å². The van der Waals surface area contributed by atoms with Crippen LogP contribution in [-0.2, 0) is 6.54 Å². The highest BCUT2D eigenvalue weighted by atomic mass is 16.3. The van der Waals surface area contributed by atoms with Crippen LogP contribution in [-0.4, -0.2) is 33.4 Å². The number of para-hydroxylation sites is 1. The molecule has 4 nitrogen and oxygen atoms in total. The maximum absolute atomic E-state index is 12.6. The molecule has 1 aliphatic rings. The molecule has 2 heterocycles. The van der Waals surface area contributed by atoms with Crippen LogP contribution in [0.2, 0.25) is 0 Å². The number of phenolic OH excluding ortho intramolecular Hbond substituents is 1. The van der Waals surface area contributed by atoms with Gasteiger partial charge < -0.3 is 9.67 Å². The van der Waals surface area contributed by atoms with Crippen molar-refractivity contribution in [2.45, 2.75) is 39.7 Å². The van der Waals surface area contributed by atoms with Gasteiger partial charge in [0.15, 0.2) is 5.78 Å². The molecule has 2 aromatic carbocycles. The smallest absolute Gasteiger partial charge is 0.162 e. The molecule has 1 saturated heterocycles. The minimum atomic E-state index is 0.0395. The Hall–Kier alpha value is -2.59. The van der Waals surface area contributed by atoms with Crippen LogP contribution in [0.25, 0.3) is 16.6 Å². The third-order valence-corrected chi connectivity index (χ3v) is 5.65. The van der Waals surface area contributed by atoms with Gasteiger partial charge in [0.1, 0.15) is 5.75 Å². The van der Waals surface area contributed by atoms with Gasteiger partial charge >= 0.3 is 0 Å². The topological polar surface area (TPSA) is 45.5 Å². The number of likely N-dealkylation sites (tertiary alicyclic amines) is 1. The maximum Gasteiger partial charge on any atom is 0.162 e. The molecule has 0 unspecified atom stereocenters. The third kappa shape index (κ3) is 3.15. The van der Waals surface area contributed by atoms with E-state index >= 15 is 0 Å². The van der Waals surface area contributed by atoms with Crippen LogP contribution in [0.4, 0.5) is 0 Å². The van der Waals surface area contributed by atoms with Crippen LogP contribution in [0, 0.1) is 6.92 Å². The molecule has 0 spiro atoms. The molecule has 0 radical (unpaired) electrons. The van der Waals surface area contributed by atoms with E-state index in [9.17, 15) is 9.90 Å². The monoisotopic (exact) mass is 362 g/mol. The highest BCUT2D eigenvalue weighted by Crippen LogP contribution is 2.37. The van der Waals surface area contributed by atoms with Crippen LogP contribution in [0.15, 0.2) is 42.5 Å². The average Bonchev–Trinajstić information content (AvgIpc) is 2.98. The summed E-state index contributed by atoms with van der Waals surface area (Å²) in [6.45, 7) is 6.38. The van der Waals surface area contributed by atoms with E-state index in [4.69, 9.17) is 0 Å². The predicted octanol–water partition coefficient (Wildman–Crippen LogP) is 4.83. The summed E-state index contributed by atoms with van der Waals surface area (Å²) < 4.78 is 2.13. The van der Waals surface area contributed by atoms with Gasteiger partial charge in [0.2, 0.25) is 0 Å². The van der Waals surface area contributed by atoms with Crippen molar-refractivity contribution >= 4 is 16.7 Å². The summed E-state index contributed by atoms with van der Waals surface area (Å²) in [5.74, 6) is 0.318. The second-order valence-corrected chi connectivity index (χ2v) is 7.48. The van der Waals surface area contributed by atoms with Gasteiger partial charge in [-0.15, -0.1) is 0 Å². The lowest BCUT2D eigenvalue weighted by atomic mass is 10.00. The number of phenols is 1. The second-order valence-electron chi connectivity index (χ2n) is 7.48. The molecule has 4 rings (SSSR count). The van der Waals surface area contributed by atoms with Gasteiger partial charge in [-0.3, -0.25) is 9.69 Å². The standard InChI is InChI=1S/C23H26N2O2/c1-16-22(17(2)26)23-19(15-24-13-7-4-8-14-24)21(27)12-11-20(23)25(16)18-9-5-3-6-10-18/h3,5-6,9-12,27H,4,7-8,13-15H2,1-2H3. The summed E-state index contributed by atoms with van der Waals surface area (Å²) in [5.41, 5.74) is 4.53. The van der Waals surface area contributed by atoms with Crippen LogP contribution in [0.3, 0.4) is 0 Å². The number of carbonyl (C=O) groups is 1. The SMILES string of the molecule is CC(=O)c1c(C)n(-c2ccccc2)c2ccc(O)c(CN3CCCCC3)c12. The summed E-state index contributed by atoms with van der Waals surface area (Å²) >= 11 is 0. The number of piperidine rings is 1. The van der Waals surface area contributed by atoms with E-state index in [1.807, 2.05) is 43.3 Å². The minimum absolute atomic E-state index is 0.0395. The number of hydrogen-bond acceptors (Lipinski definition) is 3. The molecule has 0 amide bonds. The lowest BCUT2D eigenvalue weighted by Crippen LogP contribution is -2.29. The summed E-state index contributed by atoms with van der Waals surface area (Å²) in [4.78, 5) is 15.0. The largest absolute Gasteiger partial charge is 0.508 e. The maximum atomic E-state index is 12.6. The Morgan fingerprint density at radius 3 is 2.41 bits per heavy atom. The van der Waals surface area contributed by atoms with E-state index in [1.165, 1.54) is 19.3 Å². The van der Waals surface area contributed by atoms with Gasteiger partial charge in [0.25, 0.3) is 0 Å². The molecule has 140 valence electrons. The van der Waals surface area contributed by atoms with Crippen LogP contribution < -0.4 is 0 Å². The summed E-state index contributed by atoms with van der Waals surface area (Å²) in [6, 6.07) is 13.8. The normalized spacial score (nSPS) is 15.3. The van der Waals surface area contributed by atoms with E-state index in [1.54, 1.807) is 13.0 Å². The van der Waals surface area contributed by atoms with Crippen LogP contribution in [0.5, 0.6) is 5.75 Å². The van der Waals surface area contributed by atoms with E-state index in [0.29, 0.717) is 6.54 Å². The fourth-order valence-corrected chi connectivity index (χ4v) is 4.40. The number of hydrogen-bond donors (Lipinski definition) is 1. The van der Waals surface area contributed by atoms with Gasteiger partial charge in [-0.2, -0.15) is 0 Å². The highest BCUT2D eigenvalue weighted by Gasteiger charge is 2.24. The highest BCUT2D eigenvalue weighted by molar-refractivity contribution is 6.10. The Balaban J connectivity index is 1.96. The zero-order valence-corrected chi connectivity index (χ0v) is 16.0. The molecule has 0 aliphatic carbocycles. The first kappa shape index (κ1) is 17.8. The van der Waals surface area contributed by atoms with Gasteiger partial charge in [0.05, 0.1) is 5.52 Å². The average molecular weight is 362 g/mol. The Bertz CT molecular complexity index is 983. The predicted molar refractivity (Wildman–Crippen MR) is 109 cm³/mol. The Labute approximate surface area is 160 Å². The molecule has 0 saturated carbocycles. The molecule has 1 aromatic heterocycles. The molecule has 0 atom stereocenters. The first-order chi connectivity index (χ1) is 13.1. The number of carbonyl (C=O) groups excluding carboxylic acids is 1. The molecule has 3 aromatic rings. The lowest BCUT2D eigenvalue weighted by Gasteiger charge is -2.27. The van der Waals surface area contributed by atoms with E-state index < -0.39 is 0 Å². The first-order valence-electron chi connectivity index (χ1n) is 9.72. The fourth-order valence-electron chi connectivity index (χ4n) is 4.40. The van der Waals surface area contributed by atoms with Gasteiger partial charge in [-0.1, -0.05) is 24.6 Å². The van der Waals surface area contributed by atoms with Crippen molar-refractivity contribution < 1.29 is 9.90 Å². The molecule has 1 fully saturated rings. The van der Waals surface area contributed by atoms with Crippen molar-refractivity contribution in [3.8, 4) is 11.4 Å². The van der Waals surface area contributed by atoms with Crippen LogP contribution >= 0.6 is 0 Å². The van der Waals surface area contributed by atoms with E-state index in [-0.39, 0.29) is 11.5 Å². The number of aromatic hydroxyl groups is 1. The number of ketones is 1. The quantitative estimate of drug-likeness (QED) is 0.676. The van der Waals surface area contributed by atoms with Gasteiger partial charge in [-0.25, -0.2) is 0 Å². The lowest BCUT2D eigenvalue weighted by molar-refractivity contribution is 0.101. The molecule has 4 heteroatoms. The molecule has 1 N–H and O–H groups in total. The number of rotatable bonds is 4. The number of aromatic nitrogens is 1. The number of benzene rings is 2. The number of fused-ring (bicyclic) bond motifs is 1. The van der Waals surface area contributed by atoms with Crippen molar-refractivity contribution in [3.63, 3.8) is 0 Å². The molecule has 0 bridgehead atoms. The molecule has 27 heavy (non-hydrogen) atoms. The van der Waals surface area contributed by atoms with Crippen molar-refractivity contribution in [2.24, 2.45) is 0 Å². The Kier molecular flexibility index (Phi) is 4.75. The van der Waals surface area contributed by atoms with Crippen molar-refractivity contribution in [1.29, 1.82) is 0 Å². The van der Waals surface area contributed by atoms with Crippen LogP contribution in [0.1, 0.15) is 47.8 Å². The molecule has 1 aliphatic heterocycles. The summed E-state index contributed by atoms with van der Waals surface area (Å²) in [5, 5.41) is 11.6.